The van der Waals surface area contributed by atoms with Crippen LogP contribution in [0.3, 0.4) is 0 Å². The van der Waals surface area contributed by atoms with Gasteiger partial charge in [0.25, 0.3) is 5.91 Å². The Labute approximate surface area is 117 Å². The van der Waals surface area contributed by atoms with Gasteiger partial charge in [-0.25, -0.2) is 0 Å². The maximum Gasteiger partial charge on any atom is 0.251 e. The van der Waals surface area contributed by atoms with Crippen LogP contribution in [0.25, 0.3) is 0 Å². The number of carbonyl (C=O) groups excluding carboxylic acids is 1. The quantitative estimate of drug-likeness (QED) is 0.658. The van der Waals surface area contributed by atoms with E-state index in [1.807, 2.05) is 12.1 Å². The smallest absolute Gasteiger partial charge is 0.251 e. The van der Waals surface area contributed by atoms with Crippen molar-refractivity contribution in [3.63, 3.8) is 0 Å². The summed E-state index contributed by atoms with van der Waals surface area (Å²) in [6, 6.07) is 8.04. The first-order valence-corrected chi connectivity index (χ1v) is 7.65. The van der Waals surface area contributed by atoms with Gasteiger partial charge in [0, 0.05) is 12.1 Å². The predicted octanol–water partition coefficient (Wildman–Crippen LogP) is 4.34. The molecular formula is C17H27NO. The average molecular weight is 261 g/mol. The molecule has 2 heteroatoms. The molecule has 0 bridgehead atoms. The zero-order valence-electron chi connectivity index (χ0n) is 12.4. The molecule has 0 saturated carbocycles. The van der Waals surface area contributed by atoms with Crippen molar-refractivity contribution < 1.29 is 4.79 Å². The molecule has 1 aromatic rings. The van der Waals surface area contributed by atoms with E-state index in [0.29, 0.717) is 0 Å². The van der Waals surface area contributed by atoms with Gasteiger partial charge in [-0.15, -0.1) is 0 Å². The molecule has 1 amide bonds. The van der Waals surface area contributed by atoms with E-state index in [4.69, 9.17) is 0 Å². The highest BCUT2D eigenvalue weighted by Gasteiger charge is 2.04. The van der Waals surface area contributed by atoms with Gasteiger partial charge in [0.1, 0.15) is 0 Å². The first kappa shape index (κ1) is 15.7. The Morgan fingerprint density at radius 2 is 1.58 bits per heavy atom. The fourth-order valence-corrected chi connectivity index (χ4v) is 2.08. The van der Waals surface area contributed by atoms with Crippen molar-refractivity contribution in [3.8, 4) is 0 Å². The maximum atomic E-state index is 11.9. The fourth-order valence-electron chi connectivity index (χ4n) is 2.08. The van der Waals surface area contributed by atoms with Crippen LogP contribution in [0.2, 0.25) is 0 Å². The maximum absolute atomic E-state index is 11.9. The van der Waals surface area contributed by atoms with Crippen molar-refractivity contribution in [3.05, 3.63) is 35.4 Å². The first-order valence-electron chi connectivity index (χ1n) is 7.65. The van der Waals surface area contributed by atoms with Gasteiger partial charge < -0.3 is 5.32 Å². The monoisotopic (exact) mass is 261 g/mol. The number of aryl methyl sites for hydroxylation is 1. The Balaban J connectivity index is 2.35. The molecule has 0 unspecified atom stereocenters. The summed E-state index contributed by atoms with van der Waals surface area (Å²) in [5.41, 5.74) is 2.10. The summed E-state index contributed by atoms with van der Waals surface area (Å²) >= 11 is 0. The van der Waals surface area contributed by atoms with Crippen molar-refractivity contribution in [2.24, 2.45) is 0 Å². The van der Waals surface area contributed by atoms with Crippen LogP contribution in [-0.4, -0.2) is 12.5 Å². The SMILES string of the molecule is CCCCCNC(=O)c1ccc(CCCCC)cc1. The Morgan fingerprint density at radius 3 is 2.21 bits per heavy atom. The number of rotatable bonds is 9. The van der Waals surface area contributed by atoms with E-state index in [1.165, 1.54) is 37.7 Å². The molecule has 0 radical (unpaired) electrons. The van der Waals surface area contributed by atoms with E-state index in [1.54, 1.807) is 0 Å². The third-order valence-electron chi connectivity index (χ3n) is 3.35. The zero-order valence-corrected chi connectivity index (χ0v) is 12.4. The molecule has 1 N–H and O–H groups in total. The van der Waals surface area contributed by atoms with Crippen molar-refractivity contribution in [1.29, 1.82) is 0 Å². The van der Waals surface area contributed by atoms with Crippen LogP contribution in [0, 0.1) is 0 Å². The lowest BCUT2D eigenvalue weighted by atomic mass is 10.1. The van der Waals surface area contributed by atoms with Crippen molar-refractivity contribution in [2.75, 3.05) is 6.54 Å². The number of hydrogen-bond acceptors (Lipinski definition) is 1. The molecule has 0 heterocycles. The lowest BCUT2D eigenvalue weighted by Crippen LogP contribution is -2.24. The largest absolute Gasteiger partial charge is 0.352 e. The minimum Gasteiger partial charge on any atom is -0.352 e. The van der Waals surface area contributed by atoms with Gasteiger partial charge in [-0.2, -0.15) is 0 Å². The molecule has 0 aliphatic carbocycles. The molecule has 0 aliphatic rings. The average Bonchev–Trinajstić information content (AvgIpc) is 2.44. The number of nitrogens with one attached hydrogen (secondary N) is 1. The molecule has 0 spiro atoms. The second-order valence-corrected chi connectivity index (χ2v) is 5.12. The standard InChI is InChI=1S/C17H27NO/c1-3-5-7-9-15-10-12-16(13-11-15)17(19)18-14-8-6-4-2/h10-13H,3-9,14H2,1-2H3,(H,18,19). The number of amides is 1. The normalized spacial score (nSPS) is 10.4. The van der Waals surface area contributed by atoms with E-state index in [0.717, 1.165) is 24.9 Å². The summed E-state index contributed by atoms with van der Waals surface area (Å²) in [7, 11) is 0. The molecule has 106 valence electrons. The summed E-state index contributed by atoms with van der Waals surface area (Å²) in [5, 5.41) is 2.97. The van der Waals surface area contributed by atoms with Gasteiger partial charge >= 0.3 is 0 Å². The molecule has 0 aromatic heterocycles. The van der Waals surface area contributed by atoms with Crippen LogP contribution in [0.5, 0.6) is 0 Å². The summed E-state index contributed by atoms with van der Waals surface area (Å²) in [6.45, 7) is 5.16. The van der Waals surface area contributed by atoms with E-state index >= 15 is 0 Å². The Hall–Kier alpha value is -1.31. The Bertz CT molecular complexity index is 356. The molecule has 0 saturated heterocycles. The third kappa shape index (κ3) is 6.42. The molecule has 19 heavy (non-hydrogen) atoms. The number of unbranched alkanes of at least 4 members (excludes halogenated alkanes) is 4. The van der Waals surface area contributed by atoms with Crippen LogP contribution in [0.4, 0.5) is 0 Å². The summed E-state index contributed by atoms with van der Waals surface area (Å²) in [5.74, 6) is 0.0520. The highest BCUT2D eigenvalue weighted by atomic mass is 16.1. The van der Waals surface area contributed by atoms with Crippen LogP contribution in [-0.2, 0) is 6.42 Å². The second-order valence-electron chi connectivity index (χ2n) is 5.12. The van der Waals surface area contributed by atoms with E-state index in [2.05, 4.69) is 31.3 Å². The first-order chi connectivity index (χ1) is 9.27. The number of benzene rings is 1. The zero-order chi connectivity index (χ0) is 13.9. The molecule has 0 fully saturated rings. The van der Waals surface area contributed by atoms with Gasteiger partial charge in [-0.3, -0.25) is 4.79 Å². The van der Waals surface area contributed by atoms with Gasteiger partial charge in [0.2, 0.25) is 0 Å². The van der Waals surface area contributed by atoms with Gasteiger partial charge in [-0.05, 0) is 37.0 Å². The van der Waals surface area contributed by atoms with Crippen LogP contribution in [0.15, 0.2) is 24.3 Å². The predicted molar refractivity (Wildman–Crippen MR) is 81.5 cm³/mol. The lowest BCUT2D eigenvalue weighted by Gasteiger charge is -2.06. The molecule has 2 nitrogen and oxygen atoms in total. The van der Waals surface area contributed by atoms with E-state index in [-0.39, 0.29) is 5.91 Å². The van der Waals surface area contributed by atoms with Crippen LogP contribution < -0.4 is 5.32 Å². The van der Waals surface area contributed by atoms with Gasteiger partial charge in [0.05, 0.1) is 0 Å². The van der Waals surface area contributed by atoms with Crippen LogP contribution >= 0.6 is 0 Å². The summed E-state index contributed by atoms with van der Waals surface area (Å²) in [6.07, 6.45) is 8.31. The van der Waals surface area contributed by atoms with Gasteiger partial charge in [-0.1, -0.05) is 51.7 Å². The van der Waals surface area contributed by atoms with E-state index in [9.17, 15) is 4.79 Å². The van der Waals surface area contributed by atoms with Crippen molar-refractivity contribution in [2.45, 2.75) is 58.8 Å². The minimum absolute atomic E-state index is 0.0520. The highest BCUT2D eigenvalue weighted by Crippen LogP contribution is 2.09. The fraction of sp³-hybridized carbons (Fsp3) is 0.588. The molecule has 1 aromatic carbocycles. The van der Waals surface area contributed by atoms with E-state index < -0.39 is 0 Å². The number of carbonyl (C=O) groups is 1. The summed E-state index contributed by atoms with van der Waals surface area (Å²) < 4.78 is 0. The highest BCUT2D eigenvalue weighted by molar-refractivity contribution is 5.94. The molecular weight excluding hydrogens is 234 g/mol. The second kappa shape index (κ2) is 9.60. The Kier molecular flexibility index (Phi) is 7.95. The van der Waals surface area contributed by atoms with Crippen molar-refractivity contribution in [1.82, 2.24) is 5.32 Å². The lowest BCUT2D eigenvalue weighted by molar-refractivity contribution is 0.0953. The minimum atomic E-state index is 0.0520. The number of hydrogen-bond donors (Lipinski definition) is 1. The molecule has 1 rings (SSSR count). The van der Waals surface area contributed by atoms with Crippen LogP contribution in [0.1, 0.15) is 68.3 Å². The third-order valence-corrected chi connectivity index (χ3v) is 3.35. The topological polar surface area (TPSA) is 29.1 Å². The molecule has 0 atom stereocenters. The van der Waals surface area contributed by atoms with Crippen molar-refractivity contribution >= 4 is 5.91 Å². The Morgan fingerprint density at radius 1 is 0.947 bits per heavy atom. The van der Waals surface area contributed by atoms with Gasteiger partial charge in [0.15, 0.2) is 0 Å². The molecule has 0 aliphatic heterocycles. The summed E-state index contributed by atoms with van der Waals surface area (Å²) in [4.78, 5) is 11.9.